The monoisotopic (exact) mass is 269 g/mol. The van der Waals surface area contributed by atoms with Gasteiger partial charge in [-0.05, 0) is 69.7 Å². The van der Waals surface area contributed by atoms with Crippen LogP contribution >= 0.6 is 0 Å². The van der Waals surface area contributed by atoms with Crippen LogP contribution in [0.25, 0.3) is 0 Å². The molecule has 1 N–H and O–H groups in total. The standard InChI is InChI=1S/C17H35NO/c1-14(2)19-12-11-17(13-18-6)9-7-15(8-10-17)16(3,4)5/h14-15,18H,7-13H2,1-6H3. The molecular formula is C17H35NO. The van der Waals surface area contributed by atoms with Crippen LogP contribution in [0.5, 0.6) is 0 Å². The summed E-state index contributed by atoms with van der Waals surface area (Å²) in [5.41, 5.74) is 0.950. The van der Waals surface area contributed by atoms with Gasteiger partial charge in [0.05, 0.1) is 6.10 Å². The van der Waals surface area contributed by atoms with E-state index in [1.165, 1.54) is 32.1 Å². The molecule has 0 bridgehead atoms. The molecule has 114 valence electrons. The second-order valence-electron chi connectivity index (χ2n) is 7.84. The molecule has 19 heavy (non-hydrogen) atoms. The van der Waals surface area contributed by atoms with Gasteiger partial charge in [-0.2, -0.15) is 0 Å². The average Bonchev–Trinajstić information content (AvgIpc) is 2.28. The first kappa shape index (κ1) is 17.0. The van der Waals surface area contributed by atoms with Crippen LogP contribution in [0.1, 0.15) is 66.7 Å². The van der Waals surface area contributed by atoms with E-state index in [9.17, 15) is 0 Å². The van der Waals surface area contributed by atoms with Gasteiger partial charge in [0.25, 0.3) is 0 Å². The molecule has 0 aromatic heterocycles. The number of hydrogen-bond acceptors (Lipinski definition) is 2. The van der Waals surface area contributed by atoms with E-state index in [1.54, 1.807) is 0 Å². The van der Waals surface area contributed by atoms with Crippen molar-refractivity contribution in [3.8, 4) is 0 Å². The fraction of sp³-hybridized carbons (Fsp3) is 1.00. The van der Waals surface area contributed by atoms with Gasteiger partial charge in [0.2, 0.25) is 0 Å². The van der Waals surface area contributed by atoms with Crippen LogP contribution in [-0.4, -0.2) is 26.3 Å². The lowest BCUT2D eigenvalue weighted by molar-refractivity contribution is 0.0225. The minimum absolute atomic E-state index is 0.359. The molecule has 1 aliphatic rings. The van der Waals surface area contributed by atoms with Gasteiger partial charge in [-0.3, -0.25) is 0 Å². The minimum atomic E-state index is 0.359. The van der Waals surface area contributed by atoms with E-state index in [0.29, 0.717) is 16.9 Å². The van der Waals surface area contributed by atoms with Gasteiger partial charge < -0.3 is 10.1 Å². The van der Waals surface area contributed by atoms with Crippen LogP contribution in [0.15, 0.2) is 0 Å². The van der Waals surface area contributed by atoms with Crippen LogP contribution in [0.4, 0.5) is 0 Å². The Kier molecular flexibility index (Phi) is 6.32. The smallest absolute Gasteiger partial charge is 0.0518 e. The molecule has 0 spiro atoms. The summed E-state index contributed by atoms with van der Waals surface area (Å²) in [5, 5.41) is 3.41. The summed E-state index contributed by atoms with van der Waals surface area (Å²) in [6.45, 7) is 13.5. The molecule has 1 fully saturated rings. The zero-order valence-corrected chi connectivity index (χ0v) is 14.0. The Hall–Kier alpha value is -0.0800. The maximum Gasteiger partial charge on any atom is 0.0518 e. The Bertz CT molecular complexity index is 246. The summed E-state index contributed by atoms with van der Waals surface area (Å²) in [7, 11) is 2.08. The van der Waals surface area contributed by atoms with E-state index in [1.807, 2.05) is 0 Å². The van der Waals surface area contributed by atoms with Crippen LogP contribution in [-0.2, 0) is 4.74 Å². The molecular weight excluding hydrogens is 234 g/mol. The molecule has 0 heterocycles. The molecule has 0 saturated heterocycles. The topological polar surface area (TPSA) is 21.3 Å². The molecule has 2 heteroatoms. The summed E-state index contributed by atoms with van der Waals surface area (Å²) >= 11 is 0. The lowest BCUT2D eigenvalue weighted by Gasteiger charge is -2.44. The Morgan fingerprint density at radius 1 is 1.21 bits per heavy atom. The van der Waals surface area contributed by atoms with Gasteiger partial charge >= 0.3 is 0 Å². The van der Waals surface area contributed by atoms with E-state index < -0.39 is 0 Å². The third kappa shape index (κ3) is 5.43. The first-order chi connectivity index (χ1) is 8.79. The molecule has 0 atom stereocenters. The molecule has 1 rings (SSSR count). The molecule has 1 saturated carbocycles. The predicted molar refractivity (Wildman–Crippen MR) is 83.5 cm³/mol. The van der Waals surface area contributed by atoms with Crippen molar-refractivity contribution in [2.75, 3.05) is 20.2 Å². The summed E-state index contributed by atoms with van der Waals surface area (Å²) < 4.78 is 5.78. The van der Waals surface area contributed by atoms with E-state index >= 15 is 0 Å². The summed E-state index contributed by atoms with van der Waals surface area (Å²) in [5.74, 6) is 0.892. The zero-order chi connectivity index (χ0) is 14.5. The second kappa shape index (κ2) is 7.08. The molecule has 0 radical (unpaired) electrons. The van der Waals surface area contributed by atoms with Gasteiger partial charge in [0.1, 0.15) is 0 Å². The Morgan fingerprint density at radius 2 is 1.79 bits per heavy atom. The second-order valence-corrected chi connectivity index (χ2v) is 7.84. The molecule has 0 aromatic rings. The normalized spacial score (nSPS) is 28.9. The summed E-state index contributed by atoms with van der Waals surface area (Å²) in [6.07, 6.45) is 7.05. The lowest BCUT2D eigenvalue weighted by Crippen LogP contribution is -2.39. The van der Waals surface area contributed by atoms with Crippen molar-refractivity contribution in [2.45, 2.75) is 72.8 Å². The van der Waals surface area contributed by atoms with E-state index in [4.69, 9.17) is 4.74 Å². The van der Waals surface area contributed by atoms with Crippen LogP contribution in [0, 0.1) is 16.7 Å². The largest absolute Gasteiger partial charge is 0.379 e. The fourth-order valence-corrected chi connectivity index (χ4v) is 3.50. The number of ether oxygens (including phenoxy) is 1. The Morgan fingerprint density at radius 3 is 2.21 bits per heavy atom. The van der Waals surface area contributed by atoms with Crippen molar-refractivity contribution in [3.05, 3.63) is 0 Å². The molecule has 0 aliphatic heterocycles. The van der Waals surface area contributed by atoms with Crippen molar-refractivity contribution in [2.24, 2.45) is 16.7 Å². The fourth-order valence-electron chi connectivity index (χ4n) is 3.50. The maximum atomic E-state index is 5.78. The third-order valence-corrected chi connectivity index (χ3v) is 4.91. The molecule has 1 aliphatic carbocycles. The van der Waals surface area contributed by atoms with Gasteiger partial charge in [-0.15, -0.1) is 0 Å². The molecule has 2 nitrogen and oxygen atoms in total. The van der Waals surface area contributed by atoms with E-state index in [2.05, 4.69) is 47.0 Å². The quantitative estimate of drug-likeness (QED) is 0.778. The van der Waals surface area contributed by atoms with Crippen LogP contribution < -0.4 is 5.32 Å². The average molecular weight is 269 g/mol. The van der Waals surface area contributed by atoms with Crippen LogP contribution in [0.2, 0.25) is 0 Å². The SMILES string of the molecule is CNCC1(CCOC(C)C)CCC(C(C)(C)C)CC1. The van der Waals surface area contributed by atoms with Crippen LogP contribution in [0.3, 0.4) is 0 Å². The Labute approximate surface area is 120 Å². The predicted octanol–water partition coefficient (Wildman–Crippen LogP) is 4.24. The van der Waals surface area contributed by atoms with Crippen molar-refractivity contribution < 1.29 is 4.74 Å². The molecule has 0 amide bonds. The van der Waals surface area contributed by atoms with Crippen molar-refractivity contribution in [3.63, 3.8) is 0 Å². The third-order valence-electron chi connectivity index (χ3n) is 4.91. The highest BCUT2D eigenvalue weighted by Gasteiger charge is 2.38. The highest BCUT2D eigenvalue weighted by atomic mass is 16.5. The van der Waals surface area contributed by atoms with Crippen molar-refractivity contribution in [1.29, 1.82) is 0 Å². The first-order valence-electron chi connectivity index (χ1n) is 8.05. The van der Waals surface area contributed by atoms with Gasteiger partial charge in [-0.1, -0.05) is 20.8 Å². The van der Waals surface area contributed by atoms with Gasteiger partial charge in [0, 0.05) is 13.2 Å². The number of nitrogens with one attached hydrogen (secondary N) is 1. The van der Waals surface area contributed by atoms with E-state index in [0.717, 1.165) is 19.1 Å². The van der Waals surface area contributed by atoms with Gasteiger partial charge in [0.15, 0.2) is 0 Å². The lowest BCUT2D eigenvalue weighted by atomic mass is 9.63. The van der Waals surface area contributed by atoms with Gasteiger partial charge in [-0.25, -0.2) is 0 Å². The van der Waals surface area contributed by atoms with E-state index in [-0.39, 0.29) is 0 Å². The molecule has 0 aromatic carbocycles. The van der Waals surface area contributed by atoms with Crippen molar-refractivity contribution in [1.82, 2.24) is 5.32 Å². The summed E-state index contributed by atoms with van der Waals surface area (Å²) in [6, 6.07) is 0. The highest BCUT2D eigenvalue weighted by molar-refractivity contribution is 4.90. The maximum absolute atomic E-state index is 5.78. The number of hydrogen-bond donors (Lipinski definition) is 1. The van der Waals surface area contributed by atoms with Crippen molar-refractivity contribution >= 4 is 0 Å². The number of rotatable bonds is 6. The Balaban J connectivity index is 2.51. The minimum Gasteiger partial charge on any atom is -0.379 e. The first-order valence-corrected chi connectivity index (χ1v) is 8.05. The molecule has 0 unspecified atom stereocenters. The summed E-state index contributed by atoms with van der Waals surface area (Å²) in [4.78, 5) is 0. The highest BCUT2D eigenvalue weighted by Crippen LogP contribution is 2.46. The zero-order valence-electron chi connectivity index (χ0n) is 14.0.